The summed E-state index contributed by atoms with van der Waals surface area (Å²) in [6.45, 7) is 0.264. The maximum atomic E-state index is 11.3. The van der Waals surface area contributed by atoms with E-state index in [4.69, 9.17) is 15.6 Å². The predicted octanol–water partition coefficient (Wildman–Crippen LogP) is -1.79. The molecule has 0 aromatic carbocycles. The Kier molecular flexibility index (Phi) is 4.41. The van der Waals surface area contributed by atoms with Crippen LogP contribution in [-0.4, -0.2) is 60.8 Å². The van der Waals surface area contributed by atoms with Crippen molar-refractivity contribution in [3.8, 4) is 0 Å². The van der Waals surface area contributed by atoms with E-state index in [9.17, 15) is 14.4 Å². The second-order valence-corrected chi connectivity index (χ2v) is 3.88. The summed E-state index contributed by atoms with van der Waals surface area (Å²) in [7, 11) is 1.59. The van der Waals surface area contributed by atoms with Crippen molar-refractivity contribution >= 4 is 17.9 Å². The van der Waals surface area contributed by atoms with Gasteiger partial charge in [0.2, 0.25) is 5.91 Å². The molecule has 8 nitrogen and oxygen atoms in total. The maximum absolute atomic E-state index is 11.3. The number of nitrogens with zero attached hydrogens (tertiary/aromatic N) is 1. The molecule has 1 aliphatic heterocycles. The molecule has 1 saturated heterocycles. The third-order valence-electron chi connectivity index (χ3n) is 2.59. The number of hydrogen-bond donors (Lipinski definition) is 3. The van der Waals surface area contributed by atoms with Gasteiger partial charge in [0.25, 0.3) is 0 Å². The highest BCUT2D eigenvalue weighted by molar-refractivity contribution is 5.94. The van der Waals surface area contributed by atoms with Crippen LogP contribution in [0.3, 0.4) is 0 Å². The standard InChI is InChI=1S/C9H15N3O5/c1-12(2-7(13)11-9(10)16)6-4-17-3-5(6)8(14)15/h5-6H,2-4H2,1H3,(H,14,15)(H3,10,11,13,16). The van der Waals surface area contributed by atoms with Crippen LogP contribution in [-0.2, 0) is 14.3 Å². The zero-order valence-electron chi connectivity index (χ0n) is 9.38. The minimum atomic E-state index is -0.963. The third-order valence-corrected chi connectivity index (χ3v) is 2.59. The molecule has 96 valence electrons. The molecule has 0 spiro atoms. The summed E-state index contributed by atoms with van der Waals surface area (Å²) in [5.74, 6) is -2.20. The predicted molar refractivity (Wildman–Crippen MR) is 56.1 cm³/mol. The number of imide groups is 1. The number of carbonyl (C=O) groups excluding carboxylic acids is 2. The highest BCUT2D eigenvalue weighted by atomic mass is 16.5. The van der Waals surface area contributed by atoms with Gasteiger partial charge in [0.05, 0.1) is 25.7 Å². The molecule has 0 aromatic rings. The molecule has 0 aliphatic carbocycles. The van der Waals surface area contributed by atoms with E-state index < -0.39 is 23.8 Å². The van der Waals surface area contributed by atoms with Gasteiger partial charge in [0.15, 0.2) is 0 Å². The molecule has 8 heteroatoms. The molecular weight excluding hydrogens is 230 g/mol. The normalized spacial score (nSPS) is 23.6. The van der Waals surface area contributed by atoms with Gasteiger partial charge in [-0.25, -0.2) is 4.79 Å². The molecule has 0 saturated carbocycles. The van der Waals surface area contributed by atoms with Gasteiger partial charge in [-0.15, -0.1) is 0 Å². The van der Waals surface area contributed by atoms with Crippen LogP contribution in [0, 0.1) is 5.92 Å². The first-order chi connectivity index (χ1) is 7.91. The Hall–Kier alpha value is -1.67. The number of carboxylic acids is 1. The number of likely N-dealkylation sites (N-methyl/N-ethyl adjacent to an activating group) is 1. The van der Waals surface area contributed by atoms with E-state index in [2.05, 4.69) is 0 Å². The fourth-order valence-corrected chi connectivity index (χ4v) is 1.73. The molecule has 0 aromatic heterocycles. The van der Waals surface area contributed by atoms with Gasteiger partial charge in [-0.05, 0) is 7.05 Å². The summed E-state index contributed by atoms with van der Waals surface area (Å²) in [6, 6.07) is -1.31. The van der Waals surface area contributed by atoms with Gasteiger partial charge in [0.1, 0.15) is 0 Å². The number of carbonyl (C=O) groups is 3. The van der Waals surface area contributed by atoms with E-state index in [0.29, 0.717) is 0 Å². The summed E-state index contributed by atoms with van der Waals surface area (Å²) in [5, 5.41) is 10.8. The SMILES string of the molecule is CN(CC(=O)NC(N)=O)C1COCC1C(=O)O. The number of carboxylic acid groups (broad SMARTS) is 1. The smallest absolute Gasteiger partial charge is 0.318 e. The van der Waals surface area contributed by atoms with Crippen molar-refractivity contribution in [3.63, 3.8) is 0 Å². The van der Waals surface area contributed by atoms with Crippen LogP contribution >= 0.6 is 0 Å². The van der Waals surface area contributed by atoms with E-state index in [1.165, 1.54) is 4.90 Å². The third kappa shape index (κ3) is 3.68. The van der Waals surface area contributed by atoms with Crippen molar-refractivity contribution in [2.45, 2.75) is 6.04 Å². The molecule has 4 N–H and O–H groups in total. The molecule has 17 heavy (non-hydrogen) atoms. The molecule has 0 bridgehead atoms. The van der Waals surface area contributed by atoms with Crippen LogP contribution in [0.2, 0.25) is 0 Å². The summed E-state index contributed by atoms with van der Waals surface area (Å²) < 4.78 is 5.07. The fraction of sp³-hybridized carbons (Fsp3) is 0.667. The monoisotopic (exact) mass is 245 g/mol. The van der Waals surface area contributed by atoms with Crippen LogP contribution in [0.25, 0.3) is 0 Å². The van der Waals surface area contributed by atoms with Gasteiger partial charge < -0.3 is 15.6 Å². The Morgan fingerprint density at radius 3 is 2.65 bits per heavy atom. The van der Waals surface area contributed by atoms with Crippen molar-refractivity contribution in [1.82, 2.24) is 10.2 Å². The Morgan fingerprint density at radius 1 is 1.47 bits per heavy atom. The second kappa shape index (κ2) is 5.60. The topological polar surface area (TPSA) is 122 Å². The van der Waals surface area contributed by atoms with E-state index in [1.807, 2.05) is 5.32 Å². The summed E-state index contributed by atoms with van der Waals surface area (Å²) in [6.07, 6.45) is 0. The number of primary amides is 1. The number of urea groups is 1. The summed E-state index contributed by atoms with van der Waals surface area (Å²) in [4.78, 5) is 34.1. The molecule has 3 amide bonds. The van der Waals surface area contributed by atoms with Crippen LogP contribution in [0.15, 0.2) is 0 Å². The number of ether oxygens (including phenoxy) is 1. The lowest BCUT2D eigenvalue weighted by molar-refractivity contribution is -0.143. The zero-order chi connectivity index (χ0) is 13.0. The van der Waals surface area contributed by atoms with Gasteiger partial charge >= 0.3 is 12.0 Å². The lowest BCUT2D eigenvalue weighted by atomic mass is 10.0. The molecule has 0 radical (unpaired) electrons. The molecule has 1 aliphatic rings. The quantitative estimate of drug-likeness (QED) is 0.538. The van der Waals surface area contributed by atoms with Crippen molar-refractivity contribution in [3.05, 3.63) is 0 Å². The van der Waals surface area contributed by atoms with Crippen molar-refractivity contribution in [2.75, 3.05) is 26.8 Å². The zero-order valence-corrected chi connectivity index (χ0v) is 9.38. The number of aliphatic carboxylic acids is 1. The number of rotatable bonds is 4. The molecule has 2 unspecified atom stereocenters. The van der Waals surface area contributed by atoms with E-state index in [-0.39, 0.29) is 25.8 Å². The number of amides is 3. The van der Waals surface area contributed by atoms with Gasteiger partial charge in [-0.3, -0.25) is 19.8 Å². The summed E-state index contributed by atoms with van der Waals surface area (Å²) in [5.41, 5.74) is 4.79. The Balaban J connectivity index is 2.51. The molecule has 1 heterocycles. The van der Waals surface area contributed by atoms with Gasteiger partial charge in [0, 0.05) is 6.04 Å². The highest BCUT2D eigenvalue weighted by Gasteiger charge is 2.37. The van der Waals surface area contributed by atoms with Crippen LogP contribution in [0.1, 0.15) is 0 Å². The van der Waals surface area contributed by atoms with Crippen molar-refractivity contribution < 1.29 is 24.2 Å². The lowest BCUT2D eigenvalue weighted by Crippen LogP contribution is -2.47. The lowest BCUT2D eigenvalue weighted by Gasteiger charge is -2.25. The van der Waals surface area contributed by atoms with Crippen LogP contribution in [0.4, 0.5) is 4.79 Å². The molecule has 2 atom stereocenters. The Labute approximate surface area is 97.7 Å². The average molecular weight is 245 g/mol. The van der Waals surface area contributed by atoms with E-state index >= 15 is 0 Å². The number of nitrogens with two attached hydrogens (primary N) is 1. The largest absolute Gasteiger partial charge is 0.481 e. The van der Waals surface area contributed by atoms with Crippen molar-refractivity contribution in [2.24, 2.45) is 11.7 Å². The first kappa shape index (κ1) is 13.4. The fourth-order valence-electron chi connectivity index (χ4n) is 1.73. The minimum Gasteiger partial charge on any atom is -0.481 e. The molecule has 1 rings (SSSR count). The van der Waals surface area contributed by atoms with E-state index in [0.717, 1.165) is 0 Å². The minimum absolute atomic E-state index is 0.110. The molecular formula is C9H15N3O5. The molecule has 1 fully saturated rings. The van der Waals surface area contributed by atoms with Gasteiger partial charge in [-0.1, -0.05) is 0 Å². The maximum Gasteiger partial charge on any atom is 0.318 e. The van der Waals surface area contributed by atoms with Crippen molar-refractivity contribution in [1.29, 1.82) is 0 Å². The van der Waals surface area contributed by atoms with E-state index in [1.54, 1.807) is 7.05 Å². The summed E-state index contributed by atoms with van der Waals surface area (Å²) >= 11 is 0. The first-order valence-electron chi connectivity index (χ1n) is 5.02. The second-order valence-electron chi connectivity index (χ2n) is 3.88. The van der Waals surface area contributed by atoms with Gasteiger partial charge in [-0.2, -0.15) is 0 Å². The first-order valence-corrected chi connectivity index (χ1v) is 5.02. The number of hydrogen-bond acceptors (Lipinski definition) is 5. The van der Waals surface area contributed by atoms with Crippen LogP contribution in [0.5, 0.6) is 0 Å². The Morgan fingerprint density at radius 2 is 2.12 bits per heavy atom. The average Bonchev–Trinajstić information content (AvgIpc) is 2.63. The number of nitrogens with one attached hydrogen (secondary N) is 1. The Bertz CT molecular complexity index is 333. The highest BCUT2D eigenvalue weighted by Crippen LogP contribution is 2.18. The van der Waals surface area contributed by atoms with Crippen LogP contribution < -0.4 is 11.1 Å².